The van der Waals surface area contributed by atoms with Gasteiger partial charge in [0, 0.05) is 10.6 Å². The second-order valence-corrected chi connectivity index (χ2v) is 4.29. The van der Waals surface area contributed by atoms with E-state index < -0.39 is 11.9 Å². The van der Waals surface area contributed by atoms with Crippen molar-refractivity contribution in [1.82, 2.24) is 0 Å². The first-order valence-corrected chi connectivity index (χ1v) is 5.73. The maximum absolute atomic E-state index is 10.8. The fourth-order valence-corrected chi connectivity index (χ4v) is 1.96. The number of carbonyl (C=O) groups is 2. The van der Waals surface area contributed by atoms with Crippen molar-refractivity contribution in [3.63, 3.8) is 0 Å². The minimum absolute atomic E-state index is 0.107. The average molecular weight is 277 g/mol. The monoisotopic (exact) mass is 276 g/mol. The van der Waals surface area contributed by atoms with Crippen molar-refractivity contribution in [3.05, 3.63) is 58.6 Å². The number of carboxylic acid groups (broad SMARTS) is 2. The highest BCUT2D eigenvalue weighted by Crippen LogP contribution is 2.29. The van der Waals surface area contributed by atoms with Gasteiger partial charge in [0.1, 0.15) is 0 Å². The summed E-state index contributed by atoms with van der Waals surface area (Å²) < 4.78 is 0. The number of hydrogen-bond acceptors (Lipinski definition) is 2. The van der Waals surface area contributed by atoms with Crippen LogP contribution in [0.1, 0.15) is 20.7 Å². The minimum Gasteiger partial charge on any atom is -0.478 e. The first kappa shape index (κ1) is 13.1. The van der Waals surface area contributed by atoms with E-state index in [9.17, 15) is 9.59 Å². The Morgan fingerprint density at radius 3 is 1.84 bits per heavy atom. The van der Waals surface area contributed by atoms with Crippen molar-refractivity contribution in [1.29, 1.82) is 0 Å². The molecule has 0 amide bonds. The molecular weight excluding hydrogens is 268 g/mol. The van der Waals surface area contributed by atoms with Gasteiger partial charge in [0.15, 0.2) is 0 Å². The smallest absolute Gasteiger partial charge is 0.335 e. The molecule has 0 saturated heterocycles. The normalized spacial score (nSPS) is 10.2. The Bertz CT molecular complexity index is 647. The Kier molecular flexibility index (Phi) is 3.53. The molecule has 2 aromatic rings. The van der Waals surface area contributed by atoms with Gasteiger partial charge in [-0.05, 0) is 29.8 Å². The van der Waals surface area contributed by atoms with Crippen LogP contribution in [0.3, 0.4) is 0 Å². The van der Waals surface area contributed by atoms with Crippen LogP contribution in [0.4, 0.5) is 0 Å². The lowest BCUT2D eigenvalue weighted by Gasteiger charge is -2.06. The van der Waals surface area contributed by atoms with Crippen LogP contribution >= 0.6 is 11.6 Å². The molecule has 96 valence electrons. The van der Waals surface area contributed by atoms with Gasteiger partial charge in [-0.3, -0.25) is 0 Å². The van der Waals surface area contributed by atoms with Crippen molar-refractivity contribution in [2.75, 3.05) is 0 Å². The summed E-state index contributed by atoms with van der Waals surface area (Å²) in [4.78, 5) is 21.5. The van der Waals surface area contributed by atoms with Gasteiger partial charge in [-0.15, -0.1) is 0 Å². The van der Waals surface area contributed by atoms with Crippen molar-refractivity contribution in [2.24, 2.45) is 0 Å². The van der Waals surface area contributed by atoms with Gasteiger partial charge in [-0.25, -0.2) is 9.59 Å². The molecule has 2 rings (SSSR count). The number of rotatable bonds is 3. The quantitative estimate of drug-likeness (QED) is 0.901. The third-order valence-corrected chi connectivity index (χ3v) is 2.97. The van der Waals surface area contributed by atoms with E-state index in [0.29, 0.717) is 10.6 Å². The van der Waals surface area contributed by atoms with Gasteiger partial charge in [0.2, 0.25) is 0 Å². The van der Waals surface area contributed by atoms with Crippen LogP contribution < -0.4 is 0 Å². The van der Waals surface area contributed by atoms with Crippen molar-refractivity contribution in [2.45, 2.75) is 0 Å². The van der Waals surface area contributed by atoms with Gasteiger partial charge in [-0.2, -0.15) is 0 Å². The molecule has 0 spiro atoms. The lowest BCUT2D eigenvalue weighted by atomic mass is 10.0. The third kappa shape index (κ3) is 2.74. The SMILES string of the molecule is O=C(O)c1ccc(-c2ccc(C(=O)O)cc2Cl)cc1. The molecule has 0 aliphatic heterocycles. The van der Waals surface area contributed by atoms with E-state index >= 15 is 0 Å². The van der Waals surface area contributed by atoms with Crippen molar-refractivity contribution < 1.29 is 19.8 Å². The van der Waals surface area contributed by atoms with Gasteiger partial charge in [0.25, 0.3) is 0 Å². The maximum atomic E-state index is 10.8. The fourth-order valence-electron chi connectivity index (χ4n) is 1.67. The molecule has 0 aliphatic carbocycles. The van der Waals surface area contributed by atoms with Crippen molar-refractivity contribution >= 4 is 23.5 Å². The van der Waals surface area contributed by atoms with E-state index in [2.05, 4.69) is 0 Å². The lowest BCUT2D eigenvalue weighted by Crippen LogP contribution is -1.97. The number of carboxylic acids is 2. The van der Waals surface area contributed by atoms with E-state index in [4.69, 9.17) is 21.8 Å². The number of aromatic carboxylic acids is 2. The Morgan fingerprint density at radius 2 is 1.37 bits per heavy atom. The summed E-state index contributed by atoms with van der Waals surface area (Å²) >= 11 is 6.03. The predicted molar refractivity (Wildman–Crippen MR) is 70.8 cm³/mol. The molecule has 19 heavy (non-hydrogen) atoms. The molecule has 0 fully saturated rings. The standard InChI is InChI=1S/C14H9ClO4/c15-12-7-10(14(18)19)5-6-11(12)8-1-3-9(4-2-8)13(16)17/h1-7H,(H,16,17)(H,18,19). The summed E-state index contributed by atoms with van der Waals surface area (Å²) in [6.45, 7) is 0. The molecule has 0 atom stereocenters. The molecule has 0 heterocycles. The minimum atomic E-state index is -1.05. The molecule has 2 aromatic carbocycles. The fraction of sp³-hybridized carbons (Fsp3) is 0. The Hall–Kier alpha value is -2.33. The largest absolute Gasteiger partial charge is 0.478 e. The van der Waals surface area contributed by atoms with Gasteiger partial charge >= 0.3 is 11.9 Å². The molecule has 0 saturated carbocycles. The lowest BCUT2D eigenvalue weighted by molar-refractivity contribution is 0.0686. The second-order valence-electron chi connectivity index (χ2n) is 3.88. The number of halogens is 1. The van der Waals surface area contributed by atoms with Crippen LogP contribution in [0, 0.1) is 0 Å². The molecule has 4 nitrogen and oxygen atoms in total. The average Bonchev–Trinajstić information content (AvgIpc) is 2.38. The van der Waals surface area contributed by atoms with E-state index in [1.807, 2.05) is 0 Å². The summed E-state index contributed by atoms with van der Waals surface area (Å²) in [5.41, 5.74) is 1.67. The summed E-state index contributed by atoms with van der Waals surface area (Å²) in [6, 6.07) is 10.6. The molecule has 0 aliphatic rings. The molecule has 0 bridgehead atoms. The van der Waals surface area contributed by atoms with Crippen LogP contribution in [-0.4, -0.2) is 22.2 Å². The highest BCUT2D eigenvalue weighted by atomic mass is 35.5. The van der Waals surface area contributed by atoms with Crippen molar-refractivity contribution in [3.8, 4) is 11.1 Å². The van der Waals surface area contributed by atoms with E-state index in [1.165, 1.54) is 24.3 Å². The first-order valence-electron chi connectivity index (χ1n) is 5.35. The second kappa shape index (κ2) is 5.12. The Balaban J connectivity index is 2.41. The topological polar surface area (TPSA) is 74.6 Å². The number of benzene rings is 2. The van der Waals surface area contributed by atoms with E-state index in [1.54, 1.807) is 18.2 Å². The van der Waals surface area contributed by atoms with Crippen LogP contribution in [-0.2, 0) is 0 Å². The first-order chi connectivity index (χ1) is 8.99. The van der Waals surface area contributed by atoms with Gasteiger partial charge < -0.3 is 10.2 Å². The Labute approximate surface area is 113 Å². The van der Waals surface area contributed by atoms with Crippen LogP contribution in [0.2, 0.25) is 5.02 Å². The predicted octanol–water partition coefficient (Wildman–Crippen LogP) is 3.40. The van der Waals surface area contributed by atoms with Gasteiger partial charge in [0.05, 0.1) is 11.1 Å². The zero-order valence-corrected chi connectivity index (χ0v) is 10.4. The maximum Gasteiger partial charge on any atom is 0.335 e. The summed E-state index contributed by atoms with van der Waals surface area (Å²) in [5, 5.41) is 18.0. The van der Waals surface area contributed by atoms with Crippen LogP contribution in [0.5, 0.6) is 0 Å². The molecule has 5 heteroatoms. The zero-order valence-electron chi connectivity index (χ0n) is 9.63. The van der Waals surface area contributed by atoms with E-state index in [-0.39, 0.29) is 11.1 Å². The Morgan fingerprint density at radius 1 is 0.842 bits per heavy atom. The van der Waals surface area contributed by atoms with Gasteiger partial charge in [-0.1, -0.05) is 29.8 Å². The molecule has 0 radical (unpaired) electrons. The van der Waals surface area contributed by atoms with E-state index in [0.717, 1.165) is 5.56 Å². The van der Waals surface area contributed by atoms with Crippen LogP contribution in [0.15, 0.2) is 42.5 Å². The summed E-state index contributed by atoms with van der Waals surface area (Å²) in [5.74, 6) is -2.05. The zero-order chi connectivity index (χ0) is 14.0. The summed E-state index contributed by atoms with van der Waals surface area (Å²) in [7, 11) is 0. The summed E-state index contributed by atoms with van der Waals surface area (Å²) in [6.07, 6.45) is 0. The third-order valence-electron chi connectivity index (χ3n) is 2.66. The molecule has 0 aromatic heterocycles. The van der Waals surface area contributed by atoms with Crippen LogP contribution in [0.25, 0.3) is 11.1 Å². The highest BCUT2D eigenvalue weighted by molar-refractivity contribution is 6.33. The highest BCUT2D eigenvalue weighted by Gasteiger charge is 2.09. The number of hydrogen-bond donors (Lipinski definition) is 2. The molecule has 2 N–H and O–H groups in total. The molecular formula is C14H9ClO4. The molecule has 0 unspecified atom stereocenters.